The van der Waals surface area contributed by atoms with Crippen LogP contribution in [0.2, 0.25) is 0 Å². The van der Waals surface area contributed by atoms with Crippen LogP contribution in [0.25, 0.3) is 0 Å². The first kappa shape index (κ1) is 14.5. The number of carbonyl (C=O) groups is 1. The minimum atomic E-state index is -0.764. The summed E-state index contributed by atoms with van der Waals surface area (Å²) in [5.74, 6) is -0.764. The summed E-state index contributed by atoms with van der Waals surface area (Å²) in [5, 5.41) is 8.98. The number of ether oxygens (including phenoxy) is 2. The topological polar surface area (TPSA) is 55.8 Å². The molecule has 0 radical (unpaired) electrons. The van der Waals surface area contributed by atoms with Gasteiger partial charge in [-0.05, 0) is 46.0 Å². The fourth-order valence-corrected chi connectivity index (χ4v) is 2.06. The summed E-state index contributed by atoms with van der Waals surface area (Å²) < 4.78 is 11.1. The molecule has 0 heterocycles. The maximum atomic E-state index is 10.9. The Balaban J connectivity index is 2.24. The highest BCUT2D eigenvalue weighted by atomic mass is 16.5. The molecule has 0 amide bonds. The van der Waals surface area contributed by atoms with Crippen molar-refractivity contribution in [2.24, 2.45) is 5.41 Å². The monoisotopic (exact) mass is 244 g/mol. The molecule has 4 nitrogen and oxygen atoms in total. The second-order valence-corrected chi connectivity index (χ2v) is 5.46. The van der Waals surface area contributed by atoms with Gasteiger partial charge in [-0.3, -0.25) is 4.79 Å². The molecule has 2 unspecified atom stereocenters. The molecule has 1 aliphatic rings. The minimum Gasteiger partial charge on any atom is -0.481 e. The standard InChI is InChI=1S/C13H24O4/c1-13(2,12(14)15)7-8-17-11-6-4-5-10(9-11)16-3/h10-11H,4-9H2,1-3H3,(H,14,15). The van der Waals surface area contributed by atoms with Gasteiger partial charge in [0.05, 0.1) is 17.6 Å². The molecule has 0 bridgehead atoms. The summed E-state index contributed by atoms with van der Waals surface area (Å²) in [7, 11) is 1.74. The molecule has 0 aliphatic heterocycles. The van der Waals surface area contributed by atoms with Gasteiger partial charge in [-0.2, -0.15) is 0 Å². The highest BCUT2D eigenvalue weighted by Gasteiger charge is 2.28. The van der Waals surface area contributed by atoms with Crippen LogP contribution in [0.1, 0.15) is 46.0 Å². The zero-order chi connectivity index (χ0) is 12.9. The lowest BCUT2D eigenvalue weighted by Crippen LogP contribution is -2.30. The van der Waals surface area contributed by atoms with Crippen molar-refractivity contribution in [2.45, 2.75) is 58.2 Å². The Morgan fingerprint density at radius 1 is 1.35 bits per heavy atom. The van der Waals surface area contributed by atoms with Gasteiger partial charge in [-0.1, -0.05) is 0 Å². The highest BCUT2D eigenvalue weighted by Crippen LogP contribution is 2.25. The fraction of sp³-hybridized carbons (Fsp3) is 0.923. The molecule has 0 spiro atoms. The van der Waals surface area contributed by atoms with E-state index in [1.807, 2.05) is 0 Å². The molecule has 2 atom stereocenters. The number of carboxylic acid groups (broad SMARTS) is 1. The molecule has 1 aliphatic carbocycles. The van der Waals surface area contributed by atoms with Gasteiger partial charge in [-0.15, -0.1) is 0 Å². The smallest absolute Gasteiger partial charge is 0.309 e. The molecule has 1 N–H and O–H groups in total. The summed E-state index contributed by atoms with van der Waals surface area (Å²) in [6, 6.07) is 0. The van der Waals surface area contributed by atoms with Crippen molar-refractivity contribution in [3.63, 3.8) is 0 Å². The minimum absolute atomic E-state index is 0.235. The van der Waals surface area contributed by atoms with E-state index in [-0.39, 0.29) is 6.10 Å². The number of carboxylic acids is 1. The normalized spacial score (nSPS) is 25.8. The molecule has 0 aromatic heterocycles. The van der Waals surface area contributed by atoms with Gasteiger partial charge in [0.15, 0.2) is 0 Å². The van der Waals surface area contributed by atoms with Crippen LogP contribution in [0.4, 0.5) is 0 Å². The molecule has 1 fully saturated rings. The van der Waals surface area contributed by atoms with Crippen molar-refractivity contribution in [3.8, 4) is 0 Å². The van der Waals surface area contributed by atoms with E-state index in [1.54, 1.807) is 21.0 Å². The van der Waals surface area contributed by atoms with E-state index < -0.39 is 11.4 Å². The first-order valence-corrected chi connectivity index (χ1v) is 6.33. The maximum Gasteiger partial charge on any atom is 0.309 e. The summed E-state index contributed by atoms with van der Waals surface area (Å²) in [4.78, 5) is 10.9. The third kappa shape index (κ3) is 4.64. The Bertz CT molecular complexity index is 250. The Morgan fingerprint density at radius 3 is 2.59 bits per heavy atom. The van der Waals surface area contributed by atoms with Crippen LogP contribution >= 0.6 is 0 Å². The van der Waals surface area contributed by atoms with Crippen molar-refractivity contribution >= 4 is 5.97 Å². The first-order valence-electron chi connectivity index (χ1n) is 6.33. The van der Waals surface area contributed by atoms with Gasteiger partial charge in [0.1, 0.15) is 0 Å². The molecule has 17 heavy (non-hydrogen) atoms. The van der Waals surface area contributed by atoms with Gasteiger partial charge < -0.3 is 14.6 Å². The Morgan fingerprint density at radius 2 is 2.00 bits per heavy atom. The second kappa shape index (κ2) is 6.36. The van der Waals surface area contributed by atoms with E-state index in [2.05, 4.69) is 0 Å². The van der Waals surface area contributed by atoms with E-state index in [0.29, 0.717) is 19.1 Å². The third-order valence-corrected chi connectivity index (χ3v) is 3.57. The van der Waals surface area contributed by atoms with E-state index >= 15 is 0 Å². The summed E-state index contributed by atoms with van der Waals surface area (Å²) >= 11 is 0. The van der Waals surface area contributed by atoms with Crippen LogP contribution in [0.15, 0.2) is 0 Å². The number of aliphatic carboxylic acids is 1. The summed E-state index contributed by atoms with van der Waals surface area (Å²) in [6.07, 6.45) is 5.33. The number of methoxy groups -OCH3 is 1. The van der Waals surface area contributed by atoms with Crippen LogP contribution in [-0.2, 0) is 14.3 Å². The van der Waals surface area contributed by atoms with Crippen LogP contribution in [0, 0.1) is 5.41 Å². The molecule has 0 aromatic rings. The number of rotatable bonds is 6. The van der Waals surface area contributed by atoms with Crippen molar-refractivity contribution in [2.75, 3.05) is 13.7 Å². The molecule has 100 valence electrons. The maximum absolute atomic E-state index is 10.9. The summed E-state index contributed by atoms with van der Waals surface area (Å²) in [5.41, 5.74) is -0.699. The molecule has 0 aromatic carbocycles. The van der Waals surface area contributed by atoms with Gasteiger partial charge in [0.25, 0.3) is 0 Å². The predicted molar refractivity (Wildman–Crippen MR) is 65.0 cm³/mol. The average Bonchev–Trinajstić information content (AvgIpc) is 2.29. The Labute approximate surface area is 103 Å². The molecule has 1 rings (SSSR count). The van der Waals surface area contributed by atoms with Crippen LogP contribution < -0.4 is 0 Å². The third-order valence-electron chi connectivity index (χ3n) is 3.57. The molecular weight excluding hydrogens is 220 g/mol. The van der Waals surface area contributed by atoms with E-state index in [9.17, 15) is 4.79 Å². The van der Waals surface area contributed by atoms with Crippen molar-refractivity contribution < 1.29 is 19.4 Å². The van der Waals surface area contributed by atoms with Gasteiger partial charge in [0.2, 0.25) is 0 Å². The van der Waals surface area contributed by atoms with Gasteiger partial charge in [0, 0.05) is 13.7 Å². The Hall–Kier alpha value is -0.610. The van der Waals surface area contributed by atoms with E-state index in [1.165, 1.54) is 0 Å². The number of hydrogen-bond donors (Lipinski definition) is 1. The van der Waals surface area contributed by atoms with Crippen molar-refractivity contribution in [1.29, 1.82) is 0 Å². The second-order valence-electron chi connectivity index (χ2n) is 5.46. The lowest BCUT2D eigenvalue weighted by molar-refractivity contribution is -0.148. The molecular formula is C13H24O4. The summed E-state index contributed by atoms with van der Waals surface area (Å²) in [6.45, 7) is 3.98. The zero-order valence-corrected chi connectivity index (χ0v) is 11.1. The fourth-order valence-electron chi connectivity index (χ4n) is 2.06. The van der Waals surface area contributed by atoms with Crippen molar-refractivity contribution in [3.05, 3.63) is 0 Å². The van der Waals surface area contributed by atoms with Crippen molar-refractivity contribution in [1.82, 2.24) is 0 Å². The molecule has 0 saturated heterocycles. The SMILES string of the molecule is COC1CCCC(OCCC(C)(C)C(=O)O)C1. The average molecular weight is 244 g/mol. The lowest BCUT2D eigenvalue weighted by Gasteiger charge is -2.29. The van der Waals surface area contributed by atoms with E-state index in [0.717, 1.165) is 25.7 Å². The number of hydrogen-bond acceptors (Lipinski definition) is 3. The van der Waals surface area contributed by atoms with Gasteiger partial charge >= 0.3 is 5.97 Å². The molecule has 1 saturated carbocycles. The zero-order valence-electron chi connectivity index (χ0n) is 11.1. The first-order chi connectivity index (χ1) is 7.95. The Kier molecular flexibility index (Phi) is 5.40. The lowest BCUT2D eigenvalue weighted by atomic mass is 9.90. The van der Waals surface area contributed by atoms with E-state index in [4.69, 9.17) is 14.6 Å². The van der Waals surface area contributed by atoms with Gasteiger partial charge in [-0.25, -0.2) is 0 Å². The highest BCUT2D eigenvalue weighted by molar-refractivity contribution is 5.73. The quantitative estimate of drug-likeness (QED) is 0.779. The molecule has 4 heteroatoms. The van der Waals surface area contributed by atoms with Crippen LogP contribution in [0.3, 0.4) is 0 Å². The van der Waals surface area contributed by atoms with Crippen LogP contribution in [-0.4, -0.2) is 37.0 Å². The largest absolute Gasteiger partial charge is 0.481 e. The van der Waals surface area contributed by atoms with Crippen LogP contribution in [0.5, 0.6) is 0 Å². The predicted octanol–water partition coefficient (Wildman–Crippen LogP) is 2.46.